The molecule has 17 heavy (non-hydrogen) atoms. The van der Waals surface area contributed by atoms with Crippen LogP contribution in [0, 0.1) is 0 Å². The van der Waals surface area contributed by atoms with E-state index in [1.54, 1.807) is 11.8 Å². The highest BCUT2D eigenvalue weighted by molar-refractivity contribution is 5.94. The topological polar surface area (TPSA) is 37.4 Å². The molecule has 1 aliphatic heterocycles. The molecule has 1 atom stereocenters. The highest BCUT2D eigenvalue weighted by atomic mass is 16.2. The molecule has 0 N–H and O–H groups in total. The number of benzene rings is 1. The first-order valence-electron chi connectivity index (χ1n) is 5.89. The van der Waals surface area contributed by atoms with E-state index in [-0.39, 0.29) is 11.7 Å². The highest BCUT2D eigenvalue weighted by Crippen LogP contribution is 2.32. The summed E-state index contributed by atoms with van der Waals surface area (Å²) >= 11 is 0. The Hall–Kier alpha value is -1.64. The molecule has 0 aromatic heterocycles. The Labute approximate surface area is 101 Å². The van der Waals surface area contributed by atoms with E-state index in [4.69, 9.17) is 0 Å². The minimum absolute atomic E-state index is 0.0688. The van der Waals surface area contributed by atoms with E-state index in [0.717, 1.165) is 5.56 Å². The van der Waals surface area contributed by atoms with Crippen LogP contribution in [0.1, 0.15) is 32.3 Å². The van der Waals surface area contributed by atoms with Gasteiger partial charge in [-0.15, -0.1) is 0 Å². The predicted molar refractivity (Wildman–Crippen MR) is 65.3 cm³/mol. The minimum Gasteiger partial charge on any atom is -0.326 e. The van der Waals surface area contributed by atoms with Gasteiger partial charge in [-0.2, -0.15) is 0 Å². The summed E-state index contributed by atoms with van der Waals surface area (Å²) in [6, 6.07) is 9.79. The van der Waals surface area contributed by atoms with E-state index in [1.165, 1.54) is 0 Å². The van der Waals surface area contributed by atoms with E-state index in [0.29, 0.717) is 19.4 Å². The molecule has 0 bridgehead atoms. The molecule has 1 aliphatic rings. The number of hydrogen-bond acceptors (Lipinski definition) is 2. The molecule has 1 heterocycles. The molecule has 0 saturated carbocycles. The minimum atomic E-state index is -0.618. The summed E-state index contributed by atoms with van der Waals surface area (Å²) in [5, 5.41) is 0. The number of likely N-dealkylation sites (tertiary alicyclic amines) is 1. The predicted octanol–water partition coefficient (Wildman–Crippen LogP) is 2.16. The number of rotatable bonds is 3. The van der Waals surface area contributed by atoms with Gasteiger partial charge in [0.05, 0.1) is 5.54 Å². The molecule has 1 fully saturated rings. The zero-order valence-corrected chi connectivity index (χ0v) is 10.3. The molecular weight excluding hydrogens is 214 g/mol. The van der Waals surface area contributed by atoms with Gasteiger partial charge in [0.1, 0.15) is 0 Å². The maximum Gasteiger partial charge on any atom is 0.223 e. The molecule has 3 heteroatoms. The Bertz CT molecular complexity index is 441. The summed E-state index contributed by atoms with van der Waals surface area (Å²) in [5.41, 5.74) is 0.447. The second-order valence-corrected chi connectivity index (χ2v) is 4.80. The maximum atomic E-state index is 11.9. The number of nitrogens with zero attached hydrogens (tertiary/aromatic N) is 1. The first kappa shape index (κ1) is 11.8. The summed E-state index contributed by atoms with van der Waals surface area (Å²) in [4.78, 5) is 25.3. The molecule has 3 nitrogen and oxygen atoms in total. The third-order valence-electron chi connectivity index (χ3n) is 3.66. The van der Waals surface area contributed by atoms with E-state index in [1.807, 2.05) is 37.3 Å². The SMILES string of the molecule is CC(=O)C1(C)CCC(=O)N1Cc1ccccc1. The third kappa shape index (κ3) is 2.09. The Morgan fingerprint density at radius 2 is 2.00 bits per heavy atom. The fourth-order valence-corrected chi connectivity index (χ4v) is 2.29. The third-order valence-corrected chi connectivity index (χ3v) is 3.66. The van der Waals surface area contributed by atoms with Crippen LogP contribution in [0.4, 0.5) is 0 Å². The van der Waals surface area contributed by atoms with Crippen LogP contribution in [0.15, 0.2) is 30.3 Å². The summed E-state index contributed by atoms with van der Waals surface area (Å²) in [6.45, 7) is 3.95. The Morgan fingerprint density at radius 1 is 1.35 bits per heavy atom. The number of amides is 1. The van der Waals surface area contributed by atoms with Crippen molar-refractivity contribution in [1.29, 1.82) is 0 Å². The summed E-state index contributed by atoms with van der Waals surface area (Å²) in [6.07, 6.45) is 1.11. The van der Waals surface area contributed by atoms with Gasteiger partial charge < -0.3 is 4.90 Å². The molecule has 1 amide bonds. The van der Waals surface area contributed by atoms with Crippen molar-refractivity contribution in [1.82, 2.24) is 4.90 Å². The lowest BCUT2D eigenvalue weighted by atomic mass is 9.94. The van der Waals surface area contributed by atoms with Crippen LogP contribution in [-0.2, 0) is 16.1 Å². The standard InChI is InChI=1S/C14H17NO2/c1-11(16)14(2)9-8-13(17)15(14)10-12-6-4-3-5-7-12/h3-7H,8-10H2,1-2H3. The van der Waals surface area contributed by atoms with Gasteiger partial charge in [-0.3, -0.25) is 9.59 Å². The van der Waals surface area contributed by atoms with Crippen LogP contribution >= 0.6 is 0 Å². The average Bonchev–Trinajstić information content (AvgIpc) is 2.60. The van der Waals surface area contributed by atoms with Crippen LogP contribution in [-0.4, -0.2) is 22.1 Å². The molecule has 1 aromatic rings. The van der Waals surface area contributed by atoms with Crippen molar-refractivity contribution >= 4 is 11.7 Å². The van der Waals surface area contributed by atoms with Crippen LogP contribution in [0.5, 0.6) is 0 Å². The van der Waals surface area contributed by atoms with Crippen molar-refractivity contribution in [2.24, 2.45) is 0 Å². The van der Waals surface area contributed by atoms with E-state index in [9.17, 15) is 9.59 Å². The zero-order valence-electron chi connectivity index (χ0n) is 10.3. The molecule has 1 saturated heterocycles. The average molecular weight is 231 g/mol. The Balaban J connectivity index is 2.24. The number of carbonyl (C=O) groups is 2. The fraction of sp³-hybridized carbons (Fsp3) is 0.429. The van der Waals surface area contributed by atoms with Gasteiger partial charge in [0.15, 0.2) is 5.78 Å². The molecular formula is C14H17NO2. The summed E-state index contributed by atoms with van der Waals surface area (Å²) in [7, 11) is 0. The number of Topliss-reactive ketones (excluding diaryl/α,β-unsaturated/α-hetero) is 1. The molecule has 0 spiro atoms. The lowest BCUT2D eigenvalue weighted by Crippen LogP contribution is -2.47. The van der Waals surface area contributed by atoms with Crippen molar-refractivity contribution < 1.29 is 9.59 Å². The van der Waals surface area contributed by atoms with Gasteiger partial charge in [0.2, 0.25) is 5.91 Å². The zero-order chi connectivity index (χ0) is 12.5. The fourth-order valence-electron chi connectivity index (χ4n) is 2.29. The van der Waals surface area contributed by atoms with Gasteiger partial charge in [-0.05, 0) is 25.8 Å². The second-order valence-electron chi connectivity index (χ2n) is 4.80. The van der Waals surface area contributed by atoms with Gasteiger partial charge in [0, 0.05) is 13.0 Å². The van der Waals surface area contributed by atoms with Crippen molar-refractivity contribution in [3.63, 3.8) is 0 Å². The van der Waals surface area contributed by atoms with Crippen LogP contribution in [0.3, 0.4) is 0 Å². The number of carbonyl (C=O) groups excluding carboxylic acids is 2. The lowest BCUT2D eigenvalue weighted by molar-refractivity contribution is -0.139. The second kappa shape index (κ2) is 4.32. The normalized spacial score (nSPS) is 24.1. The largest absolute Gasteiger partial charge is 0.326 e. The molecule has 90 valence electrons. The molecule has 0 aliphatic carbocycles. The summed E-state index contributed by atoms with van der Waals surface area (Å²) in [5.74, 6) is 0.144. The van der Waals surface area contributed by atoms with Crippen LogP contribution in [0.25, 0.3) is 0 Å². The van der Waals surface area contributed by atoms with Crippen molar-refractivity contribution in [2.75, 3.05) is 0 Å². The molecule has 2 rings (SSSR count). The molecule has 1 unspecified atom stereocenters. The number of ketones is 1. The van der Waals surface area contributed by atoms with E-state index < -0.39 is 5.54 Å². The first-order valence-corrected chi connectivity index (χ1v) is 5.89. The van der Waals surface area contributed by atoms with Gasteiger partial charge in [-0.1, -0.05) is 30.3 Å². The van der Waals surface area contributed by atoms with Crippen LogP contribution < -0.4 is 0 Å². The summed E-state index contributed by atoms with van der Waals surface area (Å²) < 4.78 is 0. The van der Waals surface area contributed by atoms with E-state index in [2.05, 4.69) is 0 Å². The van der Waals surface area contributed by atoms with Crippen molar-refractivity contribution in [2.45, 2.75) is 38.8 Å². The number of hydrogen-bond donors (Lipinski definition) is 0. The van der Waals surface area contributed by atoms with Gasteiger partial charge in [-0.25, -0.2) is 0 Å². The molecule has 0 radical (unpaired) electrons. The maximum absolute atomic E-state index is 11.9. The van der Waals surface area contributed by atoms with E-state index >= 15 is 0 Å². The molecule has 1 aromatic carbocycles. The monoisotopic (exact) mass is 231 g/mol. The smallest absolute Gasteiger partial charge is 0.223 e. The highest BCUT2D eigenvalue weighted by Gasteiger charge is 2.44. The van der Waals surface area contributed by atoms with Gasteiger partial charge >= 0.3 is 0 Å². The lowest BCUT2D eigenvalue weighted by Gasteiger charge is -2.33. The van der Waals surface area contributed by atoms with Crippen molar-refractivity contribution in [3.8, 4) is 0 Å². The quantitative estimate of drug-likeness (QED) is 0.799. The Morgan fingerprint density at radius 3 is 2.59 bits per heavy atom. The first-order chi connectivity index (χ1) is 8.04. The van der Waals surface area contributed by atoms with Crippen LogP contribution in [0.2, 0.25) is 0 Å². The Kier molecular flexibility index (Phi) is 3.01. The van der Waals surface area contributed by atoms with Gasteiger partial charge in [0.25, 0.3) is 0 Å². The van der Waals surface area contributed by atoms with Crippen molar-refractivity contribution in [3.05, 3.63) is 35.9 Å².